The molecule has 0 aromatic rings. The first-order chi connectivity index (χ1) is 26.3. The van der Waals surface area contributed by atoms with Crippen LogP contribution in [0.25, 0.3) is 0 Å². The van der Waals surface area contributed by atoms with Gasteiger partial charge in [0.05, 0.1) is 6.61 Å². The van der Waals surface area contributed by atoms with Crippen molar-refractivity contribution in [3.8, 4) is 0 Å². The van der Waals surface area contributed by atoms with E-state index in [1.54, 1.807) is 0 Å². The first kappa shape index (κ1) is 52.3. The molecule has 9 heteroatoms. The summed E-state index contributed by atoms with van der Waals surface area (Å²) in [5.41, 5.74) is 0. The summed E-state index contributed by atoms with van der Waals surface area (Å²) in [5, 5.41) is 0. The van der Waals surface area contributed by atoms with Crippen molar-refractivity contribution in [2.75, 3.05) is 13.2 Å². The molecular formula is C45H83O8P. The van der Waals surface area contributed by atoms with E-state index in [0.717, 1.165) is 51.4 Å². The first-order valence-corrected chi connectivity index (χ1v) is 23.8. The smallest absolute Gasteiger partial charge is 0.462 e. The summed E-state index contributed by atoms with van der Waals surface area (Å²) in [6, 6.07) is 0. The summed E-state index contributed by atoms with van der Waals surface area (Å²) in [7, 11) is -4.77. The van der Waals surface area contributed by atoms with E-state index in [1.165, 1.54) is 128 Å². The SMILES string of the molecule is CCCCCCCC/C=C/CCCCCC(=O)OC[C@H](COP(=O)(O)O)OC(=O)CCC/C=C/CC/C=C/CCCCCCCCCCCCCCCC. The minimum Gasteiger partial charge on any atom is -0.462 e. The van der Waals surface area contributed by atoms with E-state index >= 15 is 0 Å². The van der Waals surface area contributed by atoms with Crippen molar-refractivity contribution in [2.45, 2.75) is 225 Å². The van der Waals surface area contributed by atoms with Gasteiger partial charge in [-0.05, 0) is 70.6 Å². The fourth-order valence-electron chi connectivity index (χ4n) is 6.27. The number of phosphoric acid groups is 1. The van der Waals surface area contributed by atoms with E-state index in [2.05, 4.69) is 54.8 Å². The predicted molar refractivity (Wildman–Crippen MR) is 225 cm³/mol. The second kappa shape index (κ2) is 40.9. The molecule has 0 amide bonds. The quantitative estimate of drug-likeness (QED) is 0.0272. The average Bonchev–Trinajstić information content (AvgIpc) is 3.14. The highest BCUT2D eigenvalue weighted by Gasteiger charge is 2.22. The van der Waals surface area contributed by atoms with Gasteiger partial charge in [0, 0.05) is 12.8 Å². The lowest BCUT2D eigenvalue weighted by atomic mass is 10.0. The molecule has 316 valence electrons. The summed E-state index contributed by atoms with van der Waals surface area (Å²) in [4.78, 5) is 42.8. The fraction of sp³-hybridized carbons (Fsp3) is 0.822. The van der Waals surface area contributed by atoms with Gasteiger partial charge in [-0.15, -0.1) is 0 Å². The fourth-order valence-corrected chi connectivity index (χ4v) is 6.63. The zero-order chi connectivity index (χ0) is 39.6. The highest BCUT2D eigenvalue weighted by Crippen LogP contribution is 2.36. The summed E-state index contributed by atoms with van der Waals surface area (Å²) in [6.45, 7) is 3.65. The highest BCUT2D eigenvalue weighted by molar-refractivity contribution is 7.46. The molecule has 0 aliphatic carbocycles. The molecule has 0 unspecified atom stereocenters. The third-order valence-electron chi connectivity index (χ3n) is 9.61. The van der Waals surface area contributed by atoms with Gasteiger partial charge in [-0.1, -0.05) is 172 Å². The molecule has 0 saturated carbocycles. The van der Waals surface area contributed by atoms with E-state index in [9.17, 15) is 14.2 Å². The number of unbranched alkanes of at least 4 members (excludes halogenated alkanes) is 25. The topological polar surface area (TPSA) is 119 Å². The van der Waals surface area contributed by atoms with E-state index in [1.807, 2.05) is 0 Å². The molecule has 2 N–H and O–H groups in total. The minimum atomic E-state index is -4.77. The summed E-state index contributed by atoms with van der Waals surface area (Å²) >= 11 is 0. The molecule has 0 saturated heterocycles. The minimum absolute atomic E-state index is 0.150. The Labute approximate surface area is 332 Å². The Morgan fingerprint density at radius 1 is 0.463 bits per heavy atom. The van der Waals surface area contributed by atoms with Crippen LogP contribution in [-0.4, -0.2) is 41.0 Å². The van der Waals surface area contributed by atoms with E-state index < -0.39 is 32.5 Å². The monoisotopic (exact) mass is 783 g/mol. The Morgan fingerprint density at radius 3 is 1.24 bits per heavy atom. The number of esters is 2. The van der Waals surface area contributed by atoms with Crippen molar-refractivity contribution in [1.29, 1.82) is 0 Å². The summed E-state index contributed by atoms with van der Waals surface area (Å²) in [6.07, 6.45) is 48.9. The zero-order valence-corrected chi connectivity index (χ0v) is 35.8. The number of allylic oxidation sites excluding steroid dienone is 6. The average molecular weight is 783 g/mol. The molecule has 54 heavy (non-hydrogen) atoms. The Bertz CT molecular complexity index is 973. The second-order valence-electron chi connectivity index (χ2n) is 15.0. The molecule has 0 aliphatic heterocycles. The number of phosphoric ester groups is 1. The number of rotatable bonds is 41. The van der Waals surface area contributed by atoms with E-state index in [-0.39, 0.29) is 19.4 Å². The maximum Gasteiger partial charge on any atom is 0.469 e. The van der Waals surface area contributed by atoms with Crippen LogP contribution in [0.2, 0.25) is 0 Å². The number of carbonyl (C=O) groups excluding carboxylic acids is 2. The van der Waals surface area contributed by atoms with Crippen LogP contribution < -0.4 is 0 Å². The number of hydrogen-bond donors (Lipinski definition) is 2. The molecule has 0 fully saturated rings. The normalized spacial score (nSPS) is 12.7. The third kappa shape index (κ3) is 43.0. The highest BCUT2D eigenvalue weighted by atomic mass is 31.2. The maximum absolute atomic E-state index is 12.4. The second-order valence-corrected chi connectivity index (χ2v) is 16.2. The molecule has 0 heterocycles. The van der Waals surface area contributed by atoms with Crippen LogP contribution in [0.3, 0.4) is 0 Å². The molecule has 0 aromatic heterocycles. The van der Waals surface area contributed by atoms with Crippen molar-refractivity contribution < 1.29 is 37.9 Å². The van der Waals surface area contributed by atoms with Gasteiger partial charge in [0.2, 0.25) is 0 Å². The molecule has 0 rings (SSSR count). The van der Waals surface area contributed by atoms with Crippen molar-refractivity contribution in [3.05, 3.63) is 36.5 Å². The van der Waals surface area contributed by atoms with Crippen molar-refractivity contribution in [1.82, 2.24) is 0 Å². The Balaban J connectivity index is 3.92. The van der Waals surface area contributed by atoms with Gasteiger partial charge in [0.1, 0.15) is 6.61 Å². The van der Waals surface area contributed by atoms with Gasteiger partial charge < -0.3 is 19.3 Å². The first-order valence-electron chi connectivity index (χ1n) is 22.3. The van der Waals surface area contributed by atoms with Crippen LogP contribution in [-0.2, 0) is 28.2 Å². The van der Waals surface area contributed by atoms with Crippen molar-refractivity contribution in [2.24, 2.45) is 0 Å². The van der Waals surface area contributed by atoms with Crippen LogP contribution >= 0.6 is 7.82 Å². The molecule has 1 atom stereocenters. The number of hydrogen-bond acceptors (Lipinski definition) is 6. The van der Waals surface area contributed by atoms with Gasteiger partial charge in [0.15, 0.2) is 6.10 Å². The van der Waals surface area contributed by atoms with Crippen LogP contribution in [0.1, 0.15) is 219 Å². The largest absolute Gasteiger partial charge is 0.469 e. The van der Waals surface area contributed by atoms with E-state index in [0.29, 0.717) is 12.8 Å². The van der Waals surface area contributed by atoms with Crippen LogP contribution in [0.4, 0.5) is 0 Å². The molecule has 0 radical (unpaired) electrons. The number of carbonyl (C=O) groups is 2. The maximum atomic E-state index is 12.4. The zero-order valence-electron chi connectivity index (χ0n) is 34.9. The standard InChI is InChI=1S/C45H83O8P/c1-3-5-7-9-11-13-15-17-18-19-20-21-22-23-24-25-26-28-30-32-34-36-38-40-45(47)53-43(42-52-54(48,49)50)41-51-44(46)39-37-35-33-31-29-27-16-14-12-10-8-6-4-2/h25-27,29,32,34,43H,3-24,28,30-31,33,35-42H2,1-2H3,(H2,48,49,50)/b26-25+,29-27+,34-32+/t43-/m1/s1. The molecular weight excluding hydrogens is 699 g/mol. The lowest BCUT2D eigenvalue weighted by molar-refractivity contribution is -0.161. The Hall–Kier alpha value is -1.73. The molecule has 0 aliphatic rings. The lowest BCUT2D eigenvalue weighted by Gasteiger charge is -2.18. The Morgan fingerprint density at radius 2 is 0.815 bits per heavy atom. The van der Waals surface area contributed by atoms with Crippen LogP contribution in [0.15, 0.2) is 36.5 Å². The third-order valence-corrected chi connectivity index (χ3v) is 10.1. The van der Waals surface area contributed by atoms with Gasteiger partial charge >= 0.3 is 19.8 Å². The molecule has 0 spiro atoms. The van der Waals surface area contributed by atoms with Gasteiger partial charge in [-0.25, -0.2) is 4.57 Å². The predicted octanol–water partition coefficient (Wildman–Crippen LogP) is 13.7. The van der Waals surface area contributed by atoms with Gasteiger partial charge in [0.25, 0.3) is 0 Å². The van der Waals surface area contributed by atoms with Crippen LogP contribution in [0, 0.1) is 0 Å². The van der Waals surface area contributed by atoms with Crippen LogP contribution in [0.5, 0.6) is 0 Å². The summed E-state index contributed by atoms with van der Waals surface area (Å²) < 4.78 is 26.3. The van der Waals surface area contributed by atoms with E-state index in [4.69, 9.17) is 19.3 Å². The Kier molecular flexibility index (Phi) is 39.6. The van der Waals surface area contributed by atoms with Gasteiger partial charge in [-0.3, -0.25) is 14.1 Å². The van der Waals surface area contributed by atoms with Gasteiger partial charge in [-0.2, -0.15) is 0 Å². The molecule has 8 nitrogen and oxygen atoms in total. The van der Waals surface area contributed by atoms with Crippen molar-refractivity contribution >= 4 is 19.8 Å². The molecule has 0 bridgehead atoms. The molecule has 0 aromatic carbocycles. The number of ether oxygens (including phenoxy) is 2. The van der Waals surface area contributed by atoms with Crippen molar-refractivity contribution in [3.63, 3.8) is 0 Å². The lowest BCUT2D eigenvalue weighted by Crippen LogP contribution is -2.29. The summed E-state index contributed by atoms with van der Waals surface area (Å²) in [5.74, 6) is -0.949.